The first kappa shape index (κ1) is 12.3. The zero-order valence-corrected chi connectivity index (χ0v) is 10.5. The summed E-state index contributed by atoms with van der Waals surface area (Å²) in [6.45, 7) is 0. The van der Waals surface area contributed by atoms with E-state index in [-0.39, 0.29) is 5.69 Å². The summed E-state index contributed by atoms with van der Waals surface area (Å²) >= 11 is 0. The predicted octanol–water partition coefficient (Wildman–Crippen LogP) is 1.01. The van der Waals surface area contributed by atoms with E-state index in [1.165, 1.54) is 23.2 Å². The van der Waals surface area contributed by atoms with Crippen LogP contribution in [0.3, 0.4) is 0 Å². The third kappa shape index (κ3) is 2.25. The summed E-state index contributed by atoms with van der Waals surface area (Å²) < 4.78 is 20.6. The summed E-state index contributed by atoms with van der Waals surface area (Å²) in [5, 5.41) is 3.99. The summed E-state index contributed by atoms with van der Waals surface area (Å²) in [7, 11) is -2.81. The van der Waals surface area contributed by atoms with Crippen LogP contribution in [0.15, 0.2) is 41.4 Å². The maximum atomic E-state index is 11.7. The van der Waals surface area contributed by atoms with E-state index in [1.54, 1.807) is 24.3 Å². The zero-order valence-electron chi connectivity index (χ0n) is 9.66. The van der Waals surface area contributed by atoms with Gasteiger partial charge in [0.25, 0.3) is 5.91 Å². The molecule has 18 heavy (non-hydrogen) atoms. The van der Waals surface area contributed by atoms with Gasteiger partial charge < -0.3 is 5.73 Å². The molecule has 94 valence electrons. The number of hydrogen-bond donors (Lipinski definition) is 2. The molecule has 2 aromatic rings. The summed E-state index contributed by atoms with van der Waals surface area (Å²) in [5.41, 5.74) is 6.01. The van der Waals surface area contributed by atoms with E-state index < -0.39 is 15.6 Å². The normalized spacial score (nSPS) is 14.1. The molecule has 6 nitrogen and oxygen atoms in total. The van der Waals surface area contributed by atoms with Crippen molar-refractivity contribution in [1.82, 2.24) is 9.78 Å². The van der Waals surface area contributed by atoms with E-state index in [1.807, 2.05) is 0 Å². The molecule has 2 rings (SSSR count). The number of benzene rings is 1. The topological polar surface area (TPSA) is 102 Å². The van der Waals surface area contributed by atoms with Crippen molar-refractivity contribution in [3.05, 3.63) is 42.2 Å². The fourth-order valence-electron chi connectivity index (χ4n) is 1.55. The quantitative estimate of drug-likeness (QED) is 0.864. The van der Waals surface area contributed by atoms with Gasteiger partial charge in [-0.15, -0.1) is 0 Å². The Hall–Kier alpha value is -2.15. The highest BCUT2D eigenvalue weighted by Gasteiger charge is 2.11. The minimum atomic E-state index is -2.81. The van der Waals surface area contributed by atoms with E-state index in [9.17, 15) is 9.00 Å². The average molecular weight is 264 g/mol. The van der Waals surface area contributed by atoms with Crippen LogP contribution in [-0.4, -0.2) is 26.2 Å². The number of aromatic nitrogens is 2. The molecule has 1 heterocycles. The van der Waals surface area contributed by atoms with Gasteiger partial charge in [0.05, 0.1) is 21.6 Å². The van der Waals surface area contributed by atoms with Crippen LogP contribution in [0.25, 0.3) is 5.69 Å². The Kier molecular flexibility index (Phi) is 2.92. The van der Waals surface area contributed by atoms with Crippen LogP contribution in [0.5, 0.6) is 0 Å². The Morgan fingerprint density at radius 2 is 2.17 bits per heavy atom. The molecular weight excluding hydrogens is 252 g/mol. The summed E-state index contributed by atoms with van der Waals surface area (Å²) in [6, 6.07) is 8.03. The number of nitrogens with zero attached hydrogens (tertiary/aromatic N) is 2. The number of primary amides is 1. The lowest BCUT2D eigenvalue weighted by molar-refractivity contribution is 0.0993. The van der Waals surface area contributed by atoms with Crippen molar-refractivity contribution >= 4 is 15.6 Å². The molecule has 1 aromatic heterocycles. The Balaban J connectivity index is 2.59. The van der Waals surface area contributed by atoms with Crippen molar-refractivity contribution < 1.29 is 9.00 Å². The highest BCUT2D eigenvalue weighted by Crippen LogP contribution is 2.16. The molecule has 7 heteroatoms. The predicted molar refractivity (Wildman–Crippen MR) is 67.1 cm³/mol. The van der Waals surface area contributed by atoms with Crippen molar-refractivity contribution in [2.75, 3.05) is 6.26 Å². The molecule has 1 aromatic carbocycles. The number of hydrogen-bond acceptors (Lipinski definition) is 4. The molecule has 1 unspecified atom stereocenters. The highest BCUT2D eigenvalue weighted by atomic mass is 32.2. The van der Waals surface area contributed by atoms with Gasteiger partial charge in [0.15, 0.2) is 0 Å². The molecule has 0 aliphatic heterocycles. The molecule has 0 aliphatic rings. The van der Waals surface area contributed by atoms with E-state index >= 15 is 0 Å². The summed E-state index contributed by atoms with van der Waals surface area (Å²) in [4.78, 5) is 11.6. The third-order valence-corrected chi connectivity index (χ3v) is 3.56. The first-order valence-electron chi connectivity index (χ1n) is 5.07. The standard InChI is InChI=1S/C11H12N4O2S/c1-18(13,17)9-4-2-3-8(7-9)15-10(11(12)16)5-6-14-15/h2-7,13H,1H3,(H2,12,16). The number of carbonyl (C=O) groups excluding carboxylic acids is 1. The minimum absolute atomic E-state index is 0.236. The SMILES string of the molecule is CS(=N)(=O)c1cccc(-n2nccc2C(N)=O)c1. The molecule has 0 aliphatic carbocycles. The van der Waals surface area contributed by atoms with Gasteiger partial charge in [-0.3, -0.25) is 4.79 Å². The molecule has 0 spiro atoms. The van der Waals surface area contributed by atoms with Crippen molar-refractivity contribution in [3.63, 3.8) is 0 Å². The molecule has 3 N–H and O–H groups in total. The molecule has 1 atom stereocenters. The summed E-state index contributed by atoms with van der Waals surface area (Å²) in [5.74, 6) is -0.596. The Morgan fingerprint density at radius 1 is 1.44 bits per heavy atom. The smallest absolute Gasteiger partial charge is 0.267 e. The number of rotatable bonds is 3. The average Bonchev–Trinajstić information content (AvgIpc) is 2.77. The third-order valence-electron chi connectivity index (χ3n) is 2.41. The van der Waals surface area contributed by atoms with Crippen molar-refractivity contribution in [2.24, 2.45) is 5.73 Å². The van der Waals surface area contributed by atoms with Gasteiger partial charge >= 0.3 is 0 Å². The second kappa shape index (κ2) is 4.26. The Morgan fingerprint density at radius 3 is 2.78 bits per heavy atom. The van der Waals surface area contributed by atoms with Crippen LogP contribution < -0.4 is 5.73 Å². The minimum Gasteiger partial charge on any atom is -0.364 e. The lowest BCUT2D eigenvalue weighted by Gasteiger charge is -2.07. The lowest BCUT2D eigenvalue weighted by atomic mass is 10.3. The number of nitrogens with two attached hydrogens (primary N) is 1. The van der Waals surface area contributed by atoms with Gasteiger partial charge in [0.1, 0.15) is 5.69 Å². The second-order valence-corrected chi connectivity index (χ2v) is 5.99. The monoisotopic (exact) mass is 264 g/mol. The lowest BCUT2D eigenvalue weighted by Crippen LogP contribution is -2.16. The van der Waals surface area contributed by atoms with Gasteiger partial charge in [-0.1, -0.05) is 6.07 Å². The van der Waals surface area contributed by atoms with Crippen molar-refractivity contribution in [3.8, 4) is 5.69 Å². The molecule has 1 amide bonds. The van der Waals surface area contributed by atoms with E-state index in [0.717, 1.165) is 0 Å². The van der Waals surface area contributed by atoms with Crippen LogP contribution in [0.2, 0.25) is 0 Å². The van der Waals surface area contributed by atoms with E-state index in [0.29, 0.717) is 10.6 Å². The number of carbonyl (C=O) groups is 1. The van der Waals surface area contributed by atoms with Crippen molar-refractivity contribution in [2.45, 2.75) is 4.90 Å². The highest BCUT2D eigenvalue weighted by molar-refractivity contribution is 7.91. The van der Waals surface area contributed by atoms with E-state index in [4.69, 9.17) is 10.5 Å². The maximum Gasteiger partial charge on any atom is 0.267 e. The van der Waals surface area contributed by atoms with Gasteiger partial charge in [-0.05, 0) is 24.3 Å². The van der Waals surface area contributed by atoms with Gasteiger partial charge in [0, 0.05) is 11.2 Å². The zero-order chi connectivity index (χ0) is 13.3. The fraction of sp³-hybridized carbons (Fsp3) is 0.0909. The second-order valence-electron chi connectivity index (χ2n) is 3.83. The van der Waals surface area contributed by atoms with Gasteiger partial charge in [0.2, 0.25) is 0 Å². The van der Waals surface area contributed by atoms with Crippen molar-refractivity contribution in [1.29, 1.82) is 4.78 Å². The Bertz CT molecular complexity index is 703. The van der Waals surface area contributed by atoms with Crippen LogP contribution in [0.4, 0.5) is 0 Å². The molecule has 0 radical (unpaired) electrons. The Labute approximate surface area is 104 Å². The molecule has 0 fully saturated rings. The van der Waals surface area contributed by atoms with Crippen LogP contribution in [-0.2, 0) is 9.73 Å². The summed E-state index contributed by atoms with van der Waals surface area (Å²) in [6.07, 6.45) is 2.79. The van der Waals surface area contributed by atoms with Gasteiger partial charge in [-0.25, -0.2) is 13.7 Å². The fourth-order valence-corrected chi connectivity index (χ4v) is 2.24. The van der Waals surface area contributed by atoms with Crippen LogP contribution in [0, 0.1) is 4.78 Å². The first-order chi connectivity index (χ1) is 8.39. The first-order valence-corrected chi connectivity index (χ1v) is 7.04. The molecule has 0 saturated heterocycles. The molecular formula is C11H12N4O2S. The maximum absolute atomic E-state index is 11.7. The molecule has 0 bridgehead atoms. The van der Waals surface area contributed by atoms with E-state index in [2.05, 4.69) is 5.10 Å². The number of nitrogens with one attached hydrogen (secondary N) is 1. The molecule has 0 saturated carbocycles. The van der Waals surface area contributed by atoms with Crippen LogP contribution >= 0.6 is 0 Å². The van der Waals surface area contributed by atoms with Gasteiger partial charge in [-0.2, -0.15) is 5.10 Å². The largest absolute Gasteiger partial charge is 0.364 e. The number of amides is 1. The van der Waals surface area contributed by atoms with Crippen LogP contribution in [0.1, 0.15) is 10.5 Å².